The number of rotatable bonds is 3. The van der Waals surface area contributed by atoms with E-state index < -0.39 is 0 Å². The molecule has 0 saturated carbocycles. The number of carbonyl (C=O) groups is 1. The van der Waals surface area contributed by atoms with Crippen LogP contribution in [0.3, 0.4) is 0 Å². The molecule has 0 aliphatic heterocycles. The van der Waals surface area contributed by atoms with Gasteiger partial charge in [-0.05, 0) is 18.6 Å². The van der Waals surface area contributed by atoms with E-state index in [0.717, 1.165) is 11.3 Å². The fourth-order valence-corrected chi connectivity index (χ4v) is 1.23. The van der Waals surface area contributed by atoms with Gasteiger partial charge in [0.15, 0.2) is 0 Å². The van der Waals surface area contributed by atoms with Gasteiger partial charge >= 0.3 is 0 Å². The second kappa shape index (κ2) is 5.60. The first kappa shape index (κ1) is 11.0. The largest absolute Gasteiger partial charge is 0.322 e. The standard InChI is InChI=1S/C11H12BrNO/c1-9-5-2-3-6-10(9)13-11(14)7-4-8-12/h2-7H,8H2,1H3,(H,13,14). The van der Waals surface area contributed by atoms with Crippen LogP contribution < -0.4 is 5.32 Å². The maximum Gasteiger partial charge on any atom is 0.248 e. The third kappa shape index (κ3) is 3.34. The predicted octanol–water partition coefficient (Wildman–Crippen LogP) is 2.88. The third-order valence-electron chi connectivity index (χ3n) is 1.76. The molecule has 0 saturated heterocycles. The highest BCUT2D eigenvalue weighted by atomic mass is 79.9. The summed E-state index contributed by atoms with van der Waals surface area (Å²) in [6.07, 6.45) is 3.27. The molecule has 1 amide bonds. The molecule has 3 heteroatoms. The zero-order chi connectivity index (χ0) is 10.4. The third-order valence-corrected chi connectivity index (χ3v) is 2.14. The molecule has 0 aromatic heterocycles. The predicted molar refractivity (Wildman–Crippen MR) is 62.7 cm³/mol. The van der Waals surface area contributed by atoms with Gasteiger partial charge in [0.2, 0.25) is 5.91 Å². The number of benzene rings is 1. The summed E-state index contributed by atoms with van der Waals surface area (Å²) in [5.74, 6) is -0.0984. The summed E-state index contributed by atoms with van der Waals surface area (Å²) in [4.78, 5) is 11.3. The number of aryl methyl sites for hydroxylation is 1. The van der Waals surface area contributed by atoms with Crippen LogP contribution in [-0.2, 0) is 4.79 Å². The molecule has 0 atom stereocenters. The molecule has 0 fully saturated rings. The average molecular weight is 254 g/mol. The van der Waals surface area contributed by atoms with Crippen LogP contribution in [0.2, 0.25) is 0 Å². The maximum absolute atomic E-state index is 11.3. The van der Waals surface area contributed by atoms with Gasteiger partial charge in [0.25, 0.3) is 0 Å². The van der Waals surface area contributed by atoms with E-state index in [-0.39, 0.29) is 5.91 Å². The Hall–Kier alpha value is -1.09. The highest BCUT2D eigenvalue weighted by Crippen LogP contribution is 2.12. The summed E-state index contributed by atoms with van der Waals surface area (Å²) >= 11 is 3.21. The second-order valence-corrected chi connectivity index (χ2v) is 3.51. The van der Waals surface area contributed by atoms with Crippen molar-refractivity contribution in [3.63, 3.8) is 0 Å². The molecule has 0 spiro atoms. The lowest BCUT2D eigenvalue weighted by atomic mass is 10.2. The van der Waals surface area contributed by atoms with E-state index in [1.54, 1.807) is 6.08 Å². The normalized spacial score (nSPS) is 10.4. The van der Waals surface area contributed by atoms with E-state index >= 15 is 0 Å². The lowest BCUT2D eigenvalue weighted by Crippen LogP contribution is -2.08. The van der Waals surface area contributed by atoms with Gasteiger partial charge in [-0.1, -0.05) is 40.2 Å². The number of para-hydroxylation sites is 1. The lowest BCUT2D eigenvalue weighted by molar-refractivity contribution is -0.111. The highest BCUT2D eigenvalue weighted by Gasteiger charge is 1.98. The molecule has 74 valence electrons. The summed E-state index contributed by atoms with van der Waals surface area (Å²) in [6.45, 7) is 1.96. The molecule has 1 N–H and O–H groups in total. The molecule has 1 aromatic rings. The lowest BCUT2D eigenvalue weighted by Gasteiger charge is -2.04. The first-order valence-electron chi connectivity index (χ1n) is 4.33. The summed E-state index contributed by atoms with van der Waals surface area (Å²) in [5.41, 5.74) is 1.92. The monoisotopic (exact) mass is 253 g/mol. The smallest absolute Gasteiger partial charge is 0.248 e. The van der Waals surface area contributed by atoms with Crippen molar-refractivity contribution in [2.24, 2.45) is 0 Å². The molecule has 0 radical (unpaired) electrons. The van der Waals surface area contributed by atoms with Gasteiger partial charge in [-0.15, -0.1) is 0 Å². The number of hydrogen-bond donors (Lipinski definition) is 1. The van der Waals surface area contributed by atoms with Crippen molar-refractivity contribution < 1.29 is 4.79 Å². The summed E-state index contributed by atoms with van der Waals surface area (Å²) in [5, 5.41) is 3.49. The van der Waals surface area contributed by atoms with Crippen LogP contribution in [0.1, 0.15) is 5.56 Å². The number of hydrogen-bond acceptors (Lipinski definition) is 1. The molecule has 0 unspecified atom stereocenters. The van der Waals surface area contributed by atoms with Crippen LogP contribution >= 0.6 is 15.9 Å². The van der Waals surface area contributed by atoms with Gasteiger partial charge in [0.1, 0.15) is 0 Å². The molecule has 14 heavy (non-hydrogen) atoms. The SMILES string of the molecule is Cc1ccccc1NC(=O)C=CCBr. The first-order valence-corrected chi connectivity index (χ1v) is 5.45. The molecular weight excluding hydrogens is 242 g/mol. The quantitative estimate of drug-likeness (QED) is 0.652. The number of allylic oxidation sites excluding steroid dienone is 1. The van der Waals surface area contributed by atoms with Gasteiger partial charge in [-0.3, -0.25) is 4.79 Å². The number of nitrogens with one attached hydrogen (secondary N) is 1. The van der Waals surface area contributed by atoms with Crippen LogP contribution in [0.4, 0.5) is 5.69 Å². The van der Waals surface area contributed by atoms with Gasteiger partial charge < -0.3 is 5.32 Å². The molecule has 0 aliphatic carbocycles. The zero-order valence-corrected chi connectivity index (χ0v) is 9.54. The molecule has 0 aliphatic rings. The van der Waals surface area contributed by atoms with Crippen LogP contribution in [0, 0.1) is 6.92 Å². The van der Waals surface area contributed by atoms with Gasteiger partial charge in [0.05, 0.1) is 0 Å². The van der Waals surface area contributed by atoms with E-state index in [2.05, 4.69) is 21.2 Å². The Morgan fingerprint density at radius 1 is 1.50 bits per heavy atom. The fraction of sp³-hybridized carbons (Fsp3) is 0.182. The van der Waals surface area contributed by atoms with E-state index in [9.17, 15) is 4.79 Å². The molecule has 0 heterocycles. The van der Waals surface area contributed by atoms with E-state index in [1.807, 2.05) is 31.2 Å². The van der Waals surface area contributed by atoms with Crippen molar-refractivity contribution in [3.8, 4) is 0 Å². The van der Waals surface area contributed by atoms with Gasteiger partial charge in [0, 0.05) is 17.1 Å². The Kier molecular flexibility index (Phi) is 4.40. The Balaban J connectivity index is 2.65. The zero-order valence-electron chi connectivity index (χ0n) is 7.96. The molecule has 0 bridgehead atoms. The Morgan fingerprint density at radius 3 is 2.86 bits per heavy atom. The van der Waals surface area contributed by atoms with Crippen LogP contribution in [0.25, 0.3) is 0 Å². The van der Waals surface area contributed by atoms with Crippen LogP contribution in [-0.4, -0.2) is 11.2 Å². The van der Waals surface area contributed by atoms with Crippen molar-refractivity contribution in [2.75, 3.05) is 10.6 Å². The Morgan fingerprint density at radius 2 is 2.21 bits per heavy atom. The number of carbonyl (C=O) groups excluding carboxylic acids is 1. The highest BCUT2D eigenvalue weighted by molar-refractivity contribution is 9.09. The number of anilines is 1. The van der Waals surface area contributed by atoms with Crippen molar-refractivity contribution in [1.82, 2.24) is 0 Å². The van der Waals surface area contributed by atoms with Crippen molar-refractivity contribution in [3.05, 3.63) is 42.0 Å². The van der Waals surface area contributed by atoms with Gasteiger partial charge in [-0.2, -0.15) is 0 Å². The van der Waals surface area contributed by atoms with E-state index in [0.29, 0.717) is 5.33 Å². The van der Waals surface area contributed by atoms with Crippen LogP contribution in [0.5, 0.6) is 0 Å². The molecule has 1 aromatic carbocycles. The molecular formula is C11H12BrNO. The topological polar surface area (TPSA) is 29.1 Å². The summed E-state index contributed by atoms with van der Waals surface area (Å²) < 4.78 is 0. The molecule has 2 nitrogen and oxygen atoms in total. The minimum atomic E-state index is -0.0984. The number of amides is 1. The average Bonchev–Trinajstić information content (AvgIpc) is 2.18. The Bertz CT molecular complexity index is 347. The second-order valence-electron chi connectivity index (χ2n) is 2.86. The van der Waals surface area contributed by atoms with Crippen LogP contribution in [0.15, 0.2) is 36.4 Å². The van der Waals surface area contributed by atoms with Gasteiger partial charge in [-0.25, -0.2) is 0 Å². The number of alkyl halides is 1. The maximum atomic E-state index is 11.3. The fourth-order valence-electron chi connectivity index (χ4n) is 1.04. The van der Waals surface area contributed by atoms with E-state index in [4.69, 9.17) is 0 Å². The summed E-state index contributed by atoms with van der Waals surface area (Å²) in [6, 6.07) is 7.69. The van der Waals surface area contributed by atoms with Crippen molar-refractivity contribution in [2.45, 2.75) is 6.92 Å². The minimum Gasteiger partial charge on any atom is -0.322 e. The molecule has 1 rings (SSSR count). The minimum absolute atomic E-state index is 0.0984. The van der Waals surface area contributed by atoms with Crippen molar-refractivity contribution in [1.29, 1.82) is 0 Å². The number of halogens is 1. The summed E-state index contributed by atoms with van der Waals surface area (Å²) in [7, 11) is 0. The van der Waals surface area contributed by atoms with Crippen molar-refractivity contribution >= 4 is 27.5 Å². The van der Waals surface area contributed by atoms with E-state index in [1.165, 1.54) is 6.08 Å². The first-order chi connectivity index (χ1) is 6.74. The Labute approximate surface area is 92.1 Å².